The lowest BCUT2D eigenvalue weighted by Gasteiger charge is -2.36. The van der Waals surface area contributed by atoms with Crippen LogP contribution in [0.1, 0.15) is 46.0 Å². The minimum Gasteiger partial charge on any atom is -0.438 e. The maximum Gasteiger partial charge on any atom is 0.310 e. The lowest BCUT2D eigenvalue weighted by atomic mass is 9.69. The molecule has 2 bridgehead atoms. The van der Waals surface area contributed by atoms with Gasteiger partial charge in [0.05, 0.1) is 24.7 Å². The van der Waals surface area contributed by atoms with Crippen molar-refractivity contribution in [1.29, 1.82) is 0 Å². The Bertz CT molecular complexity index is 426. The summed E-state index contributed by atoms with van der Waals surface area (Å²) >= 11 is 0. The predicted molar refractivity (Wildman–Crippen MR) is 84.5 cm³/mol. The molecule has 0 radical (unpaired) electrons. The molecule has 1 N–H and O–H groups in total. The van der Waals surface area contributed by atoms with Crippen molar-refractivity contribution >= 4 is 5.97 Å². The third-order valence-corrected chi connectivity index (χ3v) is 6.40. The van der Waals surface area contributed by atoms with E-state index < -0.39 is 6.10 Å². The summed E-state index contributed by atoms with van der Waals surface area (Å²) in [6.07, 6.45) is 4.54. The van der Waals surface area contributed by atoms with Crippen molar-refractivity contribution in [3.05, 3.63) is 0 Å². The van der Waals surface area contributed by atoms with E-state index in [0.717, 1.165) is 19.3 Å². The number of methoxy groups -OCH3 is 1. The maximum absolute atomic E-state index is 11.7. The van der Waals surface area contributed by atoms with Crippen LogP contribution in [-0.4, -0.2) is 43.3 Å². The van der Waals surface area contributed by atoms with E-state index in [0.29, 0.717) is 35.9 Å². The summed E-state index contributed by atoms with van der Waals surface area (Å²) in [4.78, 5) is 11.7. The lowest BCUT2D eigenvalue weighted by molar-refractivity contribution is -0.157. The second kappa shape index (κ2) is 7.08. The lowest BCUT2D eigenvalue weighted by Crippen LogP contribution is -2.38. The SMILES string of the molecule is CCC1OC(CC)C2C3CC(CC3C(O)CC(=O)OCOC)C12. The second-order valence-electron chi connectivity index (χ2n) is 7.44. The molecular weight excluding hydrogens is 296 g/mol. The van der Waals surface area contributed by atoms with E-state index in [1.54, 1.807) is 0 Å². The minimum absolute atomic E-state index is 0.0447. The topological polar surface area (TPSA) is 65.0 Å². The second-order valence-corrected chi connectivity index (χ2v) is 7.44. The number of fused-ring (bicyclic) bond motifs is 5. The van der Waals surface area contributed by atoms with E-state index >= 15 is 0 Å². The van der Waals surface area contributed by atoms with Crippen molar-refractivity contribution in [2.75, 3.05) is 13.9 Å². The molecule has 3 rings (SSSR count). The molecule has 0 spiro atoms. The highest BCUT2D eigenvalue weighted by molar-refractivity contribution is 5.69. The number of hydrogen-bond donors (Lipinski definition) is 1. The molecule has 1 heterocycles. The Kier molecular flexibility index (Phi) is 5.29. The summed E-state index contributed by atoms with van der Waals surface area (Å²) in [7, 11) is 1.48. The van der Waals surface area contributed by atoms with Crippen LogP contribution in [-0.2, 0) is 19.0 Å². The van der Waals surface area contributed by atoms with Gasteiger partial charge < -0.3 is 19.3 Å². The molecule has 0 amide bonds. The predicted octanol–water partition coefficient (Wildman–Crippen LogP) is 2.36. The quantitative estimate of drug-likeness (QED) is 0.575. The van der Waals surface area contributed by atoms with Crippen molar-refractivity contribution in [2.24, 2.45) is 29.6 Å². The number of aliphatic hydroxyl groups excluding tert-OH is 1. The minimum atomic E-state index is -0.603. The molecule has 3 aliphatic rings. The van der Waals surface area contributed by atoms with Gasteiger partial charge in [0.2, 0.25) is 0 Å². The van der Waals surface area contributed by atoms with E-state index in [-0.39, 0.29) is 25.1 Å². The molecule has 5 nitrogen and oxygen atoms in total. The van der Waals surface area contributed by atoms with Gasteiger partial charge in [-0.05, 0) is 55.3 Å². The highest BCUT2D eigenvalue weighted by Gasteiger charge is 2.61. The number of hydrogen-bond acceptors (Lipinski definition) is 5. The average Bonchev–Trinajstić information content (AvgIpc) is 3.22. The van der Waals surface area contributed by atoms with Crippen LogP contribution in [0.4, 0.5) is 0 Å². The fourth-order valence-electron chi connectivity index (χ4n) is 5.67. The van der Waals surface area contributed by atoms with Gasteiger partial charge >= 0.3 is 5.97 Å². The number of rotatable bonds is 7. The number of ether oxygens (including phenoxy) is 3. The van der Waals surface area contributed by atoms with Gasteiger partial charge in [0.15, 0.2) is 6.79 Å². The Morgan fingerprint density at radius 1 is 1.22 bits per heavy atom. The Hall–Kier alpha value is -0.650. The zero-order chi connectivity index (χ0) is 16.6. The summed E-state index contributed by atoms with van der Waals surface area (Å²) in [5, 5.41) is 10.6. The highest BCUT2D eigenvalue weighted by Crippen LogP contribution is 2.62. The molecule has 2 saturated carbocycles. The van der Waals surface area contributed by atoms with Crippen LogP contribution < -0.4 is 0 Å². The normalized spacial score (nSPS) is 42.7. The zero-order valence-corrected chi connectivity index (χ0v) is 14.4. The van der Waals surface area contributed by atoms with Crippen LogP contribution in [0.15, 0.2) is 0 Å². The summed E-state index contributed by atoms with van der Waals surface area (Å²) in [5.41, 5.74) is 0. The Balaban J connectivity index is 1.63. The standard InChI is InChI=1S/C18H30O5/c1-4-14-17-10-6-11(13(19)8-16(20)22-9-21-3)12(7-10)18(17)15(5-2)23-14/h10-15,17-19H,4-9H2,1-3H3. The molecule has 132 valence electrons. The summed E-state index contributed by atoms with van der Waals surface area (Å²) in [6, 6.07) is 0. The summed E-state index contributed by atoms with van der Waals surface area (Å²) in [5.74, 6) is 2.22. The molecule has 5 heteroatoms. The first-order valence-electron chi connectivity index (χ1n) is 9.08. The fourth-order valence-corrected chi connectivity index (χ4v) is 5.67. The van der Waals surface area contributed by atoms with E-state index in [1.165, 1.54) is 13.5 Å². The first kappa shape index (κ1) is 17.2. The number of aliphatic hydroxyl groups is 1. The van der Waals surface area contributed by atoms with Crippen LogP contribution in [0.5, 0.6) is 0 Å². The number of carbonyl (C=O) groups excluding carboxylic acids is 1. The molecule has 0 aromatic heterocycles. The zero-order valence-electron chi connectivity index (χ0n) is 14.4. The van der Waals surface area contributed by atoms with E-state index in [4.69, 9.17) is 14.2 Å². The van der Waals surface area contributed by atoms with Gasteiger partial charge in [-0.1, -0.05) is 13.8 Å². The van der Waals surface area contributed by atoms with Gasteiger partial charge in [0.25, 0.3) is 0 Å². The summed E-state index contributed by atoms with van der Waals surface area (Å²) < 4.78 is 15.9. The molecule has 8 atom stereocenters. The van der Waals surface area contributed by atoms with Gasteiger partial charge in [-0.25, -0.2) is 0 Å². The van der Waals surface area contributed by atoms with Gasteiger partial charge in [0.1, 0.15) is 0 Å². The molecule has 8 unspecified atom stereocenters. The molecule has 1 aliphatic heterocycles. The van der Waals surface area contributed by atoms with Crippen molar-refractivity contribution in [2.45, 2.75) is 64.3 Å². The summed E-state index contributed by atoms with van der Waals surface area (Å²) in [6.45, 7) is 4.36. The molecular formula is C18H30O5. The Morgan fingerprint density at radius 3 is 2.57 bits per heavy atom. The largest absolute Gasteiger partial charge is 0.438 e. The van der Waals surface area contributed by atoms with Crippen molar-refractivity contribution < 1.29 is 24.1 Å². The van der Waals surface area contributed by atoms with E-state index in [1.807, 2.05) is 0 Å². The molecule has 3 fully saturated rings. The third-order valence-electron chi connectivity index (χ3n) is 6.40. The number of carbonyl (C=O) groups is 1. The van der Waals surface area contributed by atoms with Gasteiger partial charge in [0, 0.05) is 7.11 Å². The molecule has 1 saturated heterocycles. The van der Waals surface area contributed by atoms with Gasteiger partial charge in [-0.2, -0.15) is 0 Å². The van der Waals surface area contributed by atoms with Crippen molar-refractivity contribution in [3.63, 3.8) is 0 Å². The first-order valence-corrected chi connectivity index (χ1v) is 9.08. The average molecular weight is 326 g/mol. The van der Waals surface area contributed by atoms with Crippen LogP contribution in [0, 0.1) is 29.6 Å². The fraction of sp³-hybridized carbons (Fsp3) is 0.944. The highest BCUT2D eigenvalue weighted by atomic mass is 16.7. The third kappa shape index (κ3) is 3.03. The van der Waals surface area contributed by atoms with E-state index in [9.17, 15) is 9.90 Å². The maximum atomic E-state index is 11.7. The van der Waals surface area contributed by atoms with Crippen LogP contribution in [0.2, 0.25) is 0 Å². The molecule has 2 aliphatic carbocycles. The molecule has 0 aromatic rings. The van der Waals surface area contributed by atoms with Crippen LogP contribution in [0.25, 0.3) is 0 Å². The molecule has 0 aromatic carbocycles. The Labute approximate surface area is 138 Å². The monoisotopic (exact) mass is 326 g/mol. The van der Waals surface area contributed by atoms with Crippen LogP contribution in [0.3, 0.4) is 0 Å². The van der Waals surface area contributed by atoms with Crippen molar-refractivity contribution in [1.82, 2.24) is 0 Å². The van der Waals surface area contributed by atoms with Gasteiger partial charge in [-0.15, -0.1) is 0 Å². The van der Waals surface area contributed by atoms with Crippen LogP contribution >= 0.6 is 0 Å². The van der Waals surface area contributed by atoms with Gasteiger partial charge in [-0.3, -0.25) is 4.79 Å². The number of esters is 1. The first-order chi connectivity index (χ1) is 11.1. The molecule has 23 heavy (non-hydrogen) atoms. The van der Waals surface area contributed by atoms with Crippen molar-refractivity contribution in [3.8, 4) is 0 Å². The van der Waals surface area contributed by atoms with E-state index in [2.05, 4.69) is 13.8 Å². The Morgan fingerprint density at radius 2 is 1.91 bits per heavy atom. The smallest absolute Gasteiger partial charge is 0.310 e.